The van der Waals surface area contributed by atoms with E-state index in [1.165, 1.54) is 11.1 Å². The Morgan fingerprint density at radius 3 is 2.52 bits per heavy atom. The van der Waals surface area contributed by atoms with Crippen LogP contribution in [-0.4, -0.2) is 52.8 Å². The predicted molar refractivity (Wildman–Crippen MR) is 114 cm³/mol. The third-order valence-electron chi connectivity index (χ3n) is 5.52. The van der Waals surface area contributed by atoms with Gasteiger partial charge in [-0.1, -0.05) is 35.9 Å². The van der Waals surface area contributed by atoms with Crippen molar-refractivity contribution in [3.05, 3.63) is 77.6 Å². The molecule has 5 heteroatoms. The molecule has 1 aromatic heterocycles. The van der Waals surface area contributed by atoms with Gasteiger partial charge in [-0.15, -0.1) is 0 Å². The minimum atomic E-state index is 0.0237. The molecule has 0 bridgehead atoms. The SMILES string of the molecule is Cc1cccc(CCC(=O)N2CCN(C(=O)c3ccc4cnccc4c3)CC2)c1. The summed E-state index contributed by atoms with van der Waals surface area (Å²) in [6.45, 7) is 4.40. The molecule has 1 saturated heterocycles. The summed E-state index contributed by atoms with van der Waals surface area (Å²) in [7, 11) is 0. The minimum Gasteiger partial charge on any atom is -0.339 e. The molecule has 1 fully saturated rings. The molecule has 0 spiro atoms. The fraction of sp³-hybridized carbons (Fsp3) is 0.292. The lowest BCUT2D eigenvalue weighted by atomic mass is 10.1. The maximum absolute atomic E-state index is 12.9. The van der Waals surface area contributed by atoms with Gasteiger partial charge in [-0.2, -0.15) is 0 Å². The van der Waals surface area contributed by atoms with Crippen LogP contribution in [0, 0.1) is 6.92 Å². The first kappa shape index (κ1) is 19.1. The van der Waals surface area contributed by atoms with E-state index in [4.69, 9.17) is 0 Å². The number of carbonyl (C=O) groups is 2. The van der Waals surface area contributed by atoms with Crippen LogP contribution in [0.25, 0.3) is 10.8 Å². The lowest BCUT2D eigenvalue weighted by molar-refractivity contribution is -0.132. The average molecular weight is 387 g/mol. The van der Waals surface area contributed by atoms with Gasteiger partial charge in [0.15, 0.2) is 0 Å². The summed E-state index contributed by atoms with van der Waals surface area (Å²) in [5, 5.41) is 2.03. The Balaban J connectivity index is 1.32. The average Bonchev–Trinajstić information content (AvgIpc) is 2.77. The minimum absolute atomic E-state index is 0.0237. The van der Waals surface area contributed by atoms with Gasteiger partial charge in [-0.3, -0.25) is 14.6 Å². The normalized spacial score (nSPS) is 14.2. The van der Waals surface area contributed by atoms with Crippen LogP contribution in [-0.2, 0) is 11.2 Å². The molecule has 4 rings (SSSR count). The zero-order valence-electron chi connectivity index (χ0n) is 16.7. The second-order valence-electron chi connectivity index (χ2n) is 7.60. The first-order valence-corrected chi connectivity index (χ1v) is 10.1. The fourth-order valence-electron chi connectivity index (χ4n) is 3.83. The molecule has 0 N–H and O–H groups in total. The number of rotatable bonds is 4. The molecule has 1 aliphatic heterocycles. The molecule has 1 aliphatic rings. The third-order valence-corrected chi connectivity index (χ3v) is 5.52. The quantitative estimate of drug-likeness (QED) is 0.689. The van der Waals surface area contributed by atoms with Crippen LogP contribution < -0.4 is 0 Å². The van der Waals surface area contributed by atoms with Gasteiger partial charge in [0.05, 0.1) is 0 Å². The number of hydrogen-bond acceptors (Lipinski definition) is 3. The van der Waals surface area contributed by atoms with E-state index >= 15 is 0 Å². The molecule has 0 saturated carbocycles. The summed E-state index contributed by atoms with van der Waals surface area (Å²) in [5.41, 5.74) is 3.09. The summed E-state index contributed by atoms with van der Waals surface area (Å²) in [6.07, 6.45) is 4.80. The fourth-order valence-corrected chi connectivity index (χ4v) is 3.83. The van der Waals surface area contributed by atoms with Crippen molar-refractivity contribution in [3.63, 3.8) is 0 Å². The molecule has 2 aromatic carbocycles. The molecule has 29 heavy (non-hydrogen) atoms. The molecule has 0 aliphatic carbocycles. The number of aromatic nitrogens is 1. The number of aryl methyl sites for hydroxylation is 2. The van der Waals surface area contributed by atoms with Gasteiger partial charge < -0.3 is 9.80 Å². The molecular formula is C24H25N3O2. The highest BCUT2D eigenvalue weighted by Gasteiger charge is 2.24. The zero-order valence-corrected chi connectivity index (χ0v) is 16.7. The van der Waals surface area contributed by atoms with Crippen molar-refractivity contribution in [1.82, 2.24) is 14.8 Å². The Hall–Kier alpha value is -3.21. The van der Waals surface area contributed by atoms with E-state index in [9.17, 15) is 9.59 Å². The van der Waals surface area contributed by atoms with Crippen LogP contribution in [0.15, 0.2) is 60.9 Å². The molecule has 0 radical (unpaired) electrons. The van der Waals surface area contributed by atoms with Crippen molar-refractivity contribution in [1.29, 1.82) is 0 Å². The Kier molecular flexibility index (Phi) is 5.56. The lowest BCUT2D eigenvalue weighted by Crippen LogP contribution is -2.50. The van der Waals surface area contributed by atoms with E-state index in [0.717, 1.165) is 17.2 Å². The summed E-state index contributed by atoms with van der Waals surface area (Å²) < 4.78 is 0. The van der Waals surface area contributed by atoms with Gasteiger partial charge in [0.2, 0.25) is 5.91 Å². The van der Waals surface area contributed by atoms with Crippen molar-refractivity contribution in [2.24, 2.45) is 0 Å². The van der Waals surface area contributed by atoms with Crippen LogP contribution >= 0.6 is 0 Å². The zero-order chi connectivity index (χ0) is 20.2. The van der Waals surface area contributed by atoms with Gasteiger partial charge in [-0.05, 0) is 42.5 Å². The van der Waals surface area contributed by atoms with Crippen molar-refractivity contribution in [2.75, 3.05) is 26.2 Å². The van der Waals surface area contributed by atoms with Gasteiger partial charge in [0.1, 0.15) is 0 Å². The van der Waals surface area contributed by atoms with E-state index in [1.807, 2.05) is 40.1 Å². The number of piperazine rings is 1. The topological polar surface area (TPSA) is 53.5 Å². The first-order chi connectivity index (χ1) is 14.1. The van der Waals surface area contributed by atoms with E-state index in [0.29, 0.717) is 38.2 Å². The van der Waals surface area contributed by atoms with Gasteiger partial charge in [0, 0.05) is 55.9 Å². The molecule has 0 atom stereocenters. The highest BCUT2D eigenvalue weighted by molar-refractivity contribution is 5.98. The van der Waals surface area contributed by atoms with Crippen LogP contribution in [0.2, 0.25) is 0 Å². The van der Waals surface area contributed by atoms with E-state index < -0.39 is 0 Å². The molecule has 5 nitrogen and oxygen atoms in total. The standard InChI is InChI=1S/C24H25N3O2/c1-18-3-2-4-19(15-18)5-8-23(28)26-11-13-27(14-12-26)24(29)21-6-7-22-17-25-10-9-20(22)16-21/h2-4,6-7,9-10,15-17H,5,8,11-14H2,1H3. The smallest absolute Gasteiger partial charge is 0.253 e. The summed E-state index contributed by atoms with van der Waals surface area (Å²) in [6, 6.07) is 15.9. The summed E-state index contributed by atoms with van der Waals surface area (Å²) in [4.78, 5) is 33.3. The molecular weight excluding hydrogens is 362 g/mol. The number of hydrogen-bond donors (Lipinski definition) is 0. The van der Waals surface area contributed by atoms with Crippen LogP contribution in [0.5, 0.6) is 0 Å². The Bertz CT molecular complexity index is 1040. The summed E-state index contributed by atoms with van der Waals surface area (Å²) in [5.74, 6) is 0.187. The number of benzene rings is 2. The van der Waals surface area contributed by atoms with E-state index in [-0.39, 0.29) is 11.8 Å². The number of pyridine rings is 1. The van der Waals surface area contributed by atoms with Gasteiger partial charge >= 0.3 is 0 Å². The molecule has 148 valence electrons. The maximum Gasteiger partial charge on any atom is 0.253 e. The monoisotopic (exact) mass is 387 g/mol. The van der Waals surface area contributed by atoms with Crippen LogP contribution in [0.3, 0.4) is 0 Å². The van der Waals surface area contributed by atoms with Crippen molar-refractivity contribution in [2.45, 2.75) is 19.8 Å². The Morgan fingerprint density at radius 1 is 0.931 bits per heavy atom. The second-order valence-corrected chi connectivity index (χ2v) is 7.60. The first-order valence-electron chi connectivity index (χ1n) is 10.1. The summed E-state index contributed by atoms with van der Waals surface area (Å²) >= 11 is 0. The predicted octanol–water partition coefficient (Wildman–Crippen LogP) is 3.46. The van der Waals surface area contributed by atoms with Crippen LogP contribution in [0.4, 0.5) is 0 Å². The van der Waals surface area contributed by atoms with E-state index in [2.05, 4.69) is 30.1 Å². The molecule has 2 amide bonds. The Morgan fingerprint density at radius 2 is 1.72 bits per heavy atom. The van der Waals surface area contributed by atoms with E-state index in [1.54, 1.807) is 12.4 Å². The molecule has 0 unspecified atom stereocenters. The van der Waals surface area contributed by atoms with Gasteiger partial charge in [-0.25, -0.2) is 0 Å². The largest absolute Gasteiger partial charge is 0.339 e. The van der Waals surface area contributed by atoms with Crippen LogP contribution in [0.1, 0.15) is 27.9 Å². The maximum atomic E-state index is 12.9. The second kappa shape index (κ2) is 8.43. The van der Waals surface area contributed by atoms with Crippen molar-refractivity contribution in [3.8, 4) is 0 Å². The Labute approximate surface area is 171 Å². The number of fused-ring (bicyclic) bond motifs is 1. The molecule has 2 heterocycles. The molecule has 3 aromatic rings. The van der Waals surface area contributed by atoms with Crippen molar-refractivity contribution < 1.29 is 9.59 Å². The third kappa shape index (κ3) is 4.45. The van der Waals surface area contributed by atoms with Crippen molar-refractivity contribution >= 4 is 22.6 Å². The highest BCUT2D eigenvalue weighted by atomic mass is 16.2. The van der Waals surface area contributed by atoms with Gasteiger partial charge in [0.25, 0.3) is 5.91 Å². The number of amides is 2. The number of carbonyl (C=O) groups excluding carboxylic acids is 2. The highest BCUT2D eigenvalue weighted by Crippen LogP contribution is 2.17. The lowest BCUT2D eigenvalue weighted by Gasteiger charge is -2.35. The number of nitrogens with zero attached hydrogens (tertiary/aromatic N) is 3.